The summed E-state index contributed by atoms with van der Waals surface area (Å²) in [5.41, 5.74) is 0. The Labute approximate surface area is 78.4 Å². The Morgan fingerprint density at radius 2 is 2.46 bits per heavy atom. The van der Waals surface area contributed by atoms with Crippen LogP contribution in [0.2, 0.25) is 0 Å². The van der Waals surface area contributed by atoms with Gasteiger partial charge in [0.15, 0.2) is 0 Å². The predicted octanol–water partition coefficient (Wildman–Crippen LogP) is 0.765. The predicted molar refractivity (Wildman–Crippen MR) is 50.5 cm³/mol. The van der Waals surface area contributed by atoms with Crippen molar-refractivity contribution in [2.75, 3.05) is 13.1 Å². The molecule has 4 heteroatoms. The Kier molecular flexibility index (Phi) is 2.59. The van der Waals surface area contributed by atoms with Gasteiger partial charge in [0.1, 0.15) is 12.2 Å². The maximum atomic E-state index is 4.16. The lowest BCUT2D eigenvalue weighted by atomic mass is 10.0. The quantitative estimate of drug-likeness (QED) is 0.744. The van der Waals surface area contributed by atoms with E-state index in [9.17, 15) is 0 Å². The molecule has 1 fully saturated rings. The molecule has 0 unspecified atom stereocenters. The van der Waals surface area contributed by atoms with E-state index >= 15 is 0 Å². The van der Waals surface area contributed by atoms with Crippen LogP contribution in [0.1, 0.15) is 31.5 Å². The van der Waals surface area contributed by atoms with Gasteiger partial charge in [0, 0.05) is 25.6 Å². The minimum absolute atomic E-state index is 0.597. The molecule has 0 radical (unpaired) electrons. The summed E-state index contributed by atoms with van der Waals surface area (Å²) in [7, 11) is 0. The van der Waals surface area contributed by atoms with Crippen LogP contribution in [0.5, 0.6) is 0 Å². The van der Waals surface area contributed by atoms with Crippen LogP contribution in [-0.2, 0) is 6.54 Å². The second kappa shape index (κ2) is 3.87. The Balaban J connectivity index is 2.02. The van der Waals surface area contributed by atoms with Crippen molar-refractivity contribution < 1.29 is 0 Å². The SMILES string of the molecule is CCCCn1cnnc1C1CNC1. The second-order valence-electron chi connectivity index (χ2n) is 3.59. The molecule has 0 aromatic carbocycles. The van der Waals surface area contributed by atoms with Gasteiger partial charge in [0.2, 0.25) is 0 Å². The van der Waals surface area contributed by atoms with E-state index in [1.807, 2.05) is 6.33 Å². The third-order valence-corrected chi connectivity index (χ3v) is 2.54. The van der Waals surface area contributed by atoms with Crippen LogP contribution in [-0.4, -0.2) is 27.9 Å². The molecule has 1 aliphatic rings. The number of nitrogens with one attached hydrogen (secondary N) is 1. The van der Waals surface area contributed by atoms with Crippen molar-refractivity contribution in [2.24, 2.45) is 0 Å². The number of unbranched alkanes of at least 4 members (excludes halogenated alkanes) is 1. The van der Waals surface area contributed by atoms with Crippen molar-refractivity contribution in [1.82, 2.24) is 20.1 Å². The topological polar surface area (TPSA) is 42.7 Å². The lowest BCUT2D eigenvalue weighted by Gasteiger charge is -2.26. The van der Waals surface area contributed by atoms with Gasteiger partial charge in [0.25, 0.3) is 0 Å². The highest BCUT2D eigenvalue weighted by Gasteiger charge is 2.23. The summed E-state index contributed by atoms with van der Waals surface area (Å²) in [5, 5.41) is 11.4. The summed E-state index contributed by atoms with van der Waals surface area (Å²) < 4.78 is 2.19. The molecule has 13 heavy (non-hydrogen) atoms. The molecule has 72 valence electrons. The van der Waals surface area contributed by atoms with Gasteiger partial charge in [0.05, 0.1) is 0 Å². The van der Waals surface area contributed by atoms with Crippen LogP contribution in [0.15, 0.2) is 6.33 Å². The van der Waals surface area contributed by atoms with E-state index in [1.54, 1.807) is 0 Å². The summed E-state index contributed by atoms with van der Waals surface area (Å²) >= 11 is 0. The highest BCUT2D eigenvalue weighted by Crippen LogP contribution is 2.17. The van der Waals surface area contributed by atoms with E-state index in [-0.39, 0.29) is 0 Å². The third-order valence-electron chi connectivity index (χ3n) is 2.54. The van der Waals surface area contributed by atoms with Crippen molar-refractivity contribution in [3.05, 3.63) is 12.2 Å². The lowest BCUT2D eigenvalue weighted by Crippen LogP contribution is -2.41. The lowest BCUT2D eigenvalue weighted by molar-refractivity contribution is 0.410. The summed E-state index contributed by atoms with van der Waals surface area (Å²) in [6.07, 6.45) is 4.29. The molecule has 1 aromatic rings. The van der Waals surface area contributed by atoms with Crippen LogP contribution in [0, 0.1) is 0 Å². The average Bonchev–Trinajstić information content (AvgIpc) is 2.46. The molecule has 1 aromatic heterocycles. The summed E-state index contributed by atoms with van der Waals surface area (Å²) in [6.45, 7) is 5.39. The van der Waals surface area contributed by atoms with Gasteiger partial charge < -0.3 is 9.88 Å². The number of hydrogen-bond acceptors (Lipinski definition) is 3. The highest BCUT2D eigenvalue weighted by atomic mass is 15.3. The molecule has 0 bridgehead atoms. The van der Waals surface area contributed by atoms with E-state index < -0.39 is 0 Å². The molecule has 0 spiro atoms. The van der Waals surface area contributed by atoms with Crippen molar-refractivity contribution in [1.29, 1.82) is 0 Å². The summed E-state index contributed by atoms with van der Waals surface area (Å²) in [4.78, 5) is 0. The number of rotatable bonds is 4. The average molecular weight is 180 g/mol. The number of hydrogen-bond donors (Lipinski definition) is 1. The Hall–Kier alpha value is -0.900. The molecular weight excluding hydrogens is 164 g/mol. The van der Waals surface area contributed by atoms with E-state index in [1.165, 1.54) is 12.8 Å². The molecule has 0 amide bonds. The van der Waals surface area contributed by atoms with Crippen molar-refractivity contribution >= 4 is 0 Å². The number of aromatic nitrogens is 3. The molecule has 1 saturated heterocycles. The zero-order chi connectivity index (χ0) is 9.10. The van der Waals surface area contributed by atoms with Gasteiger partial charge in [-0.25, -0.2) is 0 Å². The first-order valence-electron chi connectivity index (χ1n) is 5.00. The third kappa shape index (κ3) is 1.72. The summed E-state index contributed by atoms with van der Waals surface area (Å²) in [6, 6.07) is 0. The Morgan fingerprint density at radius 1 is 1.62 bits per heavy atom. The first-order valence-corrected chi connectivity index (χ1v) is 5.00. The fraction of sp³-hybridized carbons (Fsp3) is 0.778. The summed E-state index contributed by atoms with van der Waals surface area (Å²) in [5.74, 6) is 1.76. The van der Waals surface area contributed by atoms with Crippen LogP contribution in [0.4, 0.5) is 0 Å². The van der Waals surface area contributed by atoms with Crippen LogP contribution in [0.25, 0.3) is 0 Å². The maximum Gasteiger partial charge on any atom is 0.138 e. The second-order valence-corrected chi connectivity index (χ2v) is 3.59. The molecule has 0 saturated carbocycles. The van der Waals surface area contributed by atoms with Crippen LogP contribution < -0.4 is 5.32 Å². The van der Waals surface area contributed by atoms with Gasteiger partial charge in [-0.3, -0.25) is 0 Å². The van der Waals surface area contributed by atoms with E-state index in [0.29, 0.717) is 5.92 Å². The van der Waals surface area contributed by atoms with Gasteiger partial charge in [-0.1, -0.05) is 13.3 Å². The largest absolute Gasteiger partial charge is 0.317 e. The Bertz CT molecular complexity index is 264. The standard InChI is InChI=1S/C9H16N4/c1-2-3-4-13-7-11-12-9(13)8-5-10-6-8/h7-8,10H,2-6H2,1H3. The smallest absolute Gasteiger partial charge is 0.138 e. The molecule has 4 nitrogen and oxygen atoms in total. The van der Waals surface area contributed by atoms with Crippen LogP contribution >= 0.6 is 0 Å². The molecule has 2 rings (SSSR count). The molecule has 1 N–H and O–H groups in total. The van der Waals surface area contributed by atoms with Crippen LogP contribution in [0.3, 0.4) is 0 Å². The fourth-order valence-electron chi connectivity index (χ4n) is 1.55. The molecule has 1 aliphatic heterocycles. The van der Waals surface area contributed by atoms with E-state index in [0.717, 1.165) is 25.5 Å². The van der Waals surface area contributed by atoms with Gasteiger partial charge in [-0.2, -0.15) is 0 Å². The highest BCUT2D eigenvalue weighted by molar-refractivity contribution is 5.03. The van der Waals surface area contributed by atoms with Gasteiger partial charge in [-0.15, -0.1) is 10.2 Å². The molecule has 2 heterocycles. The normalized spacial score (nSPS) is 17.3. The van der Waals surface area contributed by atoms with E-state index in [4.69, 9.17) is 0 Å². The fourth-order valence-corrected chi connectivity index (χ4v) is 1.55. The zero-order valence-electron chi connectivity index (χ0n) is 8.03. The minimum atomic E-state index is 0.597. The van der Waals surface area contributed by atoms with Gasteiger partial charge in [-0.05, 0) is 6.42 Å². The molecular formula is C9H16N4. The van der Waals surface area contributed by atoms with E-state index in [2.05, 4.69) is 27.0 Å². The maximum absolute atomic E-state index is 4.16. The first-order chi connectivity index (χ1) is 6.42. The molecule has 0 aliphatic carbocycles. The minimum Gasteiger partial charge on any atom is -0.317 e. The molecule has 0 atom stereocenters. The zero-order valence-corrected chi connectivity index (χ0v) is 8.03. The van der Waals surface area contributed by atoms with Crippen molar-refractivity contribution in [3.8, 4) is 0 Å². The number of nitrogens with zero attached hydrogens (tertiary/aromatic N) is 3. The number of aryl methyl sites for hydroxylation is 1. The van der Waals surface area contributed by atoms with Crippen molar-refractivity contribution in [3.63, 3.8) is 0 Å². The van der Waals surface area contributed by atoms with Crippen molar-refractivity contribution in [2.45, 2.75) is 32.2 Å². The van der Waals surface area contributed by atoms with Gasteiger partial charge >= 0.3 is 0 Å². The Morgan fingerprint density at radius 3 is 3.08 bits per heavy atom. The monoisotopic (exact) mass is 180 g/mol. The first kappa shape index (κ1) is 8.69.